The van der Waals surface area contributed by atoms with Crippen LogP contribution in [-0.2, 0) is 29.0 Å². The van der Waals surface area contributed by atoms with Crippen LogP contribution in [0.5, 0.6) is 5.75 Å². The van der Waals surface area contributed by atoms with Crippen molar-refractivity contribution in [1.82, 2.24) is 4.31 Å². The molecular formula is C28H31NO8S. The van der Waals surface area contributed by atoms with Crippen LogP contribution in [0, 0.1) is 12.3 Å². The Kier molecular flexibility index (Phi) is 10.5. The fourth-order valence-corrected chi connectivity index (χ4v) is 5.23. The summed E-state index contributed by atoms with van der Waals surface area (Å²) in [5.41, 5.74) is 1.63. The molecule has 0 spiro atoms. The smallest absolute Gasteiger partial charge is 0.373 e. The van der Waals surface area contributed by atoms with Crippen molar-refractivity contribution >= 4 is 16.0 Å². The third-order valence-corrected chi connectivity index (χ3v) is 7.70. The lowest BCUT2D eigenvalue weighted by molar-refractivity contribution is -0.160. The molecule has 38 heavy (non-hydrogen) atoms. The average Bonchev–Trinajstić information content (AvgIpc) is 2.95. The Morgan fingerprint density at radius 1 is 1.21 bits per heavy atom. The number of sulfonamides is 1. The highest BCUT2D eigenvalue weighted by atomic mass is 32.2. The first kappa shape index (κ1) is 28.9. The van der Waals surface area contributed by atoms with Crippen molar-refractivity contribution in [2.24, 2.45) is 0 Å². The normalized spacial score (nSPS) is 17.2. The van der Waals surface area contributed by atoms with Crippen LogP contribution in [0.1, 0.15) is 23.5 Å². The molecule has 9 nitrogen and oxygen atoms in total. The van der Waals surface area contributed by atoms with Crippen molar-refractivity contribution in [2.75, 3.05) is 40.0 Å². The van der Waals surface area contributed by atoms with Crippen molar-refractivity contribution < 1.29 is 37.3 Å². The molecule has 0 unspecified atom stereocenters. The summed E-state index contributed by atoms with van der Waals surface area (Å²) < 4.78 is 49.2. The summed E-state index contributed by atoms with van der Waals surface area (Å²) in [5, 5.41) is 9.47. The Balaban J connectivity index is 1.72. The van der Waals surface area contributed by atoms with Crippen molar-refractivity contribution in [1.29, 1.82) is 0 Å². The third-order valence-electron chi connectivity index (χ3n) is 5.79. The third kappa shape index (κ3) is 7.46. The quantitative estimate of drug-likeness (QED) is 0.234. The highest BCUT2D eigenvalue weighted by molar-refractivity contribution is 7.89. The Morgan fingerprint density at radius 2 is 1.92 bits per heavy atom. The van der Waals surface area contributed by atoms with Crippen molar-refractivity contribution in [3.8, 4) is 18.1 Å². The van der Waals surface area contributed by atoms with Crippen LogP contribution in [0.15, 0.2) is 77.9 Å². The summed E-state index contributed by atoms with van der Waals surface area (Å²) in [5.74, 6) is 2.19. The van der Waals surface area contributed by atoms with Gasteiger partial charge in [-0.05, 0) is 48.0 Å². The van der Waals surface area contributed by atoms with Crippen molar-refractivity contribution in [3.05, 3.63) is 84.1 Å². The number of aliphatic hydroxyl groups is 1. The highest BCUT2D eigenvalue weighted by Gasteiger charge is 2.30. The first-order chi connectivity index (χ1) is 18.3. The van der Waals surface area contributed by atoms with E-state index in [4.69, 9.17) is 25.4 Å². The maximum absolute atomic E-state index is 13.1. The van der Waals surface area contributed by atoms with E-state index >= 15 is 0 Å². The van der Waals surface area contributed by atoms with E-state index in [-0.39, 0.29) is 49.5 Å². The highest BCUT2D eigenvalue weighted by Crippen LogP contribution is 2.32. The van der Waals surface area contributed by atoms with Crippen LogP contribution < -0.4 is 4.74 Å². The van der Waals surface area contributed by atoms with E-state index in [1.165, 1.54) is 25.3 Å². The van der Waals surface area contributed by atoms with Crippen molar-refractivity contribution in [2.45, 2.75) is 23.5 Å². The Labute approximate surface area is 223 Å². The minimum Gasteiger partial charge on any atom is -0.497 e. The Hall–Kier alpha value is -3.62. The zero-order valence-electron chi connectivity index (χ0n) is 21.1. The number of terminal acetylenes is 1. The van der Waals surface area contributed by atoms with Gasteiger partial charge in [0.15, 0.2) is 0 Å². The van der Waals surface area contributed by atoms with Gasteiger partial charge in [-0.3, -0.25) is 0 Å². The van der Waals surface area contributed by atoms with Gasteiger partial charge in [0.2, 0.25) is 22.1 Å². The second-order valence-corrected chi connectivity index (χ2v) is 10.2. The second kappa shape index (κ2) is 13.8. The number of hydrogen-bond acceptors (Lipinski definition) is 8. The number of nitrogens with zero attached hydrogens (tertiary/aromatic N) is 1. The van der Waals surface area contributed by atoms with E-state index in [1.807, 2.05) is 12.1 Å². The summed E-state index contributed by atoms with van der Waals surface area (Å²) in [6.45, 7) is 2.98. The molecule has 1 heterocycles. The molecule has 0 amide bonds. The zero-order chi connectivity index (χ0) is 27.5. The summed E-state index contributed by atoms with van der Waals surface area (Å²) in [6, 6.07) is 13.3. The van der Waals surface area contributed by atoms with E-state index in [0.29, 0.717) is 12.2 Å². The molecule has 0 aromatic heterocycles. The van der Waals surface area contributed by atoms with Gasteiger partial charge in [-0.1, -0.05) is 30.7 Å². The number of benzene rings is 2. The Morgan fingerprint density at radius 3 is 2.53 bits per heavy atom. The molecule has 202 valence electrons. The van der Waals surface area contributed by atoms with Gasteiger partial charge in [-0.15, -0.1) is 6.42 Å². The lowest BCUT2D eigenvalue weighted by atomic mass is 9.92. The van der Waals surface area contributed by atoms with Gasteiger partial charge in [0.05, 0.1) is 25.2 Å². The number of rotatable bonds is 13. The fraction of sp³-hybridized carbons (Fsp3) is 0.321. The molecule has 10 heteroatoms. The van der Waals surface area contributed by atoms with Gasteiger partial charge >= 0.3 is 5.97 Å². The van der Waals surface area contributed by atoms with Gasteiger partial charge in [0.1, 0.15) is 12.4 Å². The van der Waals surface area contributed by atoms with Gasteiger partial charge in [-0.25, -0.2) is 13.2 Å². The molecule has 0 bridgehead atoms. The largest absolute Gasteiger partial charge is 0.497 e. The van der Waals surface area contributed by atoms with Crippen LogP contribution in [0.2, 0.25) is 0 Å². The number of methoxy groups -OCH3 is 1. The Bertz CT molecular complexity index is 1260. The van der Waals surface area contributed by atoms with Gasteiger partial charge in [0.25, 0.3) is 0 Å². The minimum atomic E-state index is -3.90. The summed E-state index contributed by atoms with van der Waals surface area (Å²) >= 11 is 0. The van der Waals surface area contributed by atoms with Crippen molar-refractivity contribution in [3.63, 3.8) is 0 Å². The number of aliphatic hydroxyl groups excluding tert-OH is 1. The average molecular weight is 542 g/mol. The van der Waals surface area contributed by atoms with Crippen LogP contribution >= 0.6 is 0 Å². The monoisotopic (exact) mass is 541 g/mol. The lowest BCUT2D eigenvalue weighted by Gasteiger charge is -2.30. The molecule has 1 aliphatic heterocycles. The predicted octanol–water partition coefficient (Wildman–Crippen LogP) is 2.82. The molecule has 0 saturated carbocycles. The summed E-state index contributed by atoms with van der Waals surface area (Å²) in [7, 11) is -2.41. The van der Waals surface area contributed by atoms with Crippen LogP contribution in [0.25, 0.3) is 0 Å². The molecule has 1 aliphatic rings. The number of esters is 1. The second-order valence-electron chi connectivity index (χ2n) is 8.25. The predicted molar refractivity (Wildman–Crippen MR) is 141 cm³/mol. The molecule has 2 aromatic rings. The maximum atomic E-state index is 13.1. The topological polar surface area (TPSA) is 112 Å². The molecule has 2 atom stereocenters. The van der Waals surface area contributed by atoms with E-state index < -0.39 is 22.3 Å². The SMILES string of the molecule is C#Cc1ccc([C@H]2C=C(C(=O)OCC=C)O[C@@H](OCCN(CCO)S(=O)(=O)c3ccc(OC)cc3)C2)cc1. The van der Waals surface area contributed by atoms with Gasteiger partial charge in [-0.2, -0.15) is 4.31 Å². The molecule has 3 rings (SSSR count). The minimum absolute atomic E-state index is 0.00723. The number of hydrogen-bond donors (Lipinski definition) is 1. The van der Waals surface area contributed by atoms with Gasteiger partial charge < -0.3 is 24.1 Å². The number of ether oxygens (including phenoxy) is 4. The first-order valence-corrected chi connectivity index (χ1v) is 13.4. The molecule has 0 aliphatic carbocycles. The van der Waals surface area contributed by atoms with Crippen LogP contribution in [0.3, 0.4) is 0 Å². The lowest BCUT2D eigenvalue weighted by Crippen LogP contribution is -2.37. The molecule has 0 saturated heterocycles. The van der Waals surface area contributed by atoms with E-state index in [9.17, 15) is 18.3 Å². The number of carbonyl (C=O) groups excluding carboxylic acids is 1. The van der Waals surface area contributed by atoms with E-state index in [2.05, 4.69) is 12.5 Å². The molecule has 0 radical (unpaired) electrons. The molecule has 2 aromatic carbocycles. The standard InChI is InChI=1S/C28H31NO8S/c1-4-17-36-28(31)26-19-23(22-8-6-21(5-2)7-9-22)20-27(37-26)35-18-15-29(14-16-30)38(32,33)25-12-10-24(34-3)11-13-25/h2,4,6-13,19,23,27,30H,1,14-18,20H2,3H3/t23-,27+/m0/s1. The molecule has 0 fully saturated rings. The zero-order valence-corrected chi connectivity index (χ0v) is 21.9. The van der Waals surface area contributed by atoms with Crippen LogP contribution in [-0.4, -0.2) is 70.1 Å². The first-order valence-electron chi connectivity index (χ1n) is 11.9. The summed E-state index contributed by atoms with van der Waals surface area (Å²) in [6.07, 6.45) is 8.10. The maximum Gasteiger partial charge on any atom is 0.373 e. The number of carbonyl (C=O) groups is 1. The van der Waals surface area contributed by atoms with Gasteiger partial charge in [0, 0.05) is 31.0 Å². The fourth-order valence-electron chi connectivity index (χ4n) is 3.82. The molecule has 1 N–H and O–H groups in total. The molecular weight excluding hydrogens is 510 g/mol. The number of allylic oxidation sites excluding steroid dienone is 1. The van der Waals surface area contributed by atoms with E-state index in [0.717, 1.165) is 15.4 Å². The van der Waals surface area contributed by atoms with Crippen LogP contribution in [0.4, 0.5) is 0 Å². The summed E-state index contributed by atoms with van der Waals surface area (Å²) in [4.78, 5) is 12.6. The van der Waals surface area contributed by atoms with E-state index in [1.54, 1.807) is 30.3 Å².